The van der Waals surface area contributed by atoms with Crippen LogP contribution in [0.4, 0.5) is 4.39 Å². The summed E-state index contributed by atoms with van der Waals surface area (Å²) < 4.78 is 15.4. The number of carbonyl (C=O) groups is 1. The molecular formula is C25H32FN3O3. The van der Waals surface area contributed by atoms with Crippen LogP contribution in [0.15, 0.2) is 23.0 Å². The third-order valence-corrected chi connectivity index (χ3v) is 7.86. The van der Waals surface area contributed by atoms with Crippen molar-refractivity contribution in [2.24, 2.45) is 11.8 Å². The number of halogens is 1. The number of amides is 1. The molecule has 6 nitrogen and oxygen atoms in total. The third kappa shape index (κ3) is 3.33. The van der Waals surface area contributed by atoms with Gasteiger partial charge in [-0.25, -0.2) is 4.39 Å². The van der Waals surface area contributed by atoms with Crippen LogP contribution >= 0.6 is 0 Å². The molecule has 2 saturated carbocycles. The summed E-state index contributed by atoms with van der Waals surface area (Å²) >= 11 is 0. The van der Waals surface area contributed by atoms with Crippen LogP contribution in [0.5, 0.6) is 5.75 Å². The quantitative estimate of drug-likeness (QED) is 0.731. The van der Waals surface area contributed by atoms with E-state index in [4.69, 9.17) is 0 Å². The maximum Gasteiger partial charge on any atom is 0.267 e. The van der Waals surface area contributed by atoms with Crippen molar-refractivity contribution in [3.05, 3.63) is 39.9 Å². The van der Waals surface area contributed by atoms with E-state index in [2.05, 4.69) is 10.2 Å². The second-order valence-electron chi connectivity index (χ2n) is 10.2. The van der Waals surface area contributed by atoms with Gasteiger partial charge in [-0.2, -0.15) is 0 Å². The first kappa shape index (κ1) is 21.4. The van der Waals surface area contributed by atoms with E-state index in [1.165, 1.54) is 54.9 Å². The first-order valence-corrected chi connectivity index (χ1v) is 11.9. The molecule has 1 aromatic heterocycles. The number of nitrogens with one attached hydrogen (secondary N) is 1. The number of hydrogen-bond donors (Lipinski definition) is 2. The van der Waals surface area contributed by atoms with Crippen molar-refractivity contribution in [2.75, 3.05) is 0 Å². The van der Waals surface area contributed by atoms with Crippen molar-refractivity contribution in [3.8, 4) is 5.75 Å². The van der Waals surface area contributed by atoms with Crippen LogP contribution < -0.4 is 10.9 Å². The van der Waals surface area contributed by atoms with Crippen LogP contribution in [0.3, 0.4) is 0 Å². The van der Waals surface area contributed by atoms with Crippen molar-refractivity contribution in [3.63, 3.8) is 0 Å². The predicted molar refractivity (Wildman–Crippen MR) is 121 cm³/mol. The second kappa shape index (κ2) is 7.87. The Balaban J connectivity index is 1.51. The van der Waals surface area contributed by atoms with Gasteiger partial charge in [-0.05, 0) is 82.4 Å². The van der Waals surface area contributed by atoms with Crippen LogP contribution in [0.25, 0.3) is 10.9 Å². The highest BCUT2D eigenvalue weighted by atomic mass is 19.1. The molecule has 2 aliphatic carbocycles. The number of hydrogen-bond acceptors (Lipinski definition) is 4. The largest absolute Gasteiger partial charge is 0.506 e. The van der Waals surface area contributed by atoms with Crippen molar-refractivity contribution >= 4 is 16.8 Å². The molecule has 7 heteroatoms. The fourth-order valence-electron chi connectivity index (χ4n) is 6.78. The van der Waals surface area contributed by atoms with E-state index in [0.29, 0.717) is 17.6 Å². The van der Waals surface area contributed by atoms with Gasteiger partial charge in [0.05, 0.1) is 11.7 Å². The van der Waals surface area contributed by atoms with Crippen LogP contribution in [-0.4, -0.2) is 38.7 Å². The number of piperidine rings is 2. The Kier molecular flexibility index (Phi) is 5.27. The molecule has 4 bridgehead atoms. The van der Waals surface area contributed by atoms with Gasteiger partial charge in [0.15, 0.2) is 0 Å². The Morgan fingerprint density at radius 1 is 1.16 bits per heavy atom. The lowest BCUT2D eigenvalue weighted by atomic mass is 9.63. The average Bonchev–Trinajstić information content (AvgIpc) is 2.72. The van der Waals surface area contributed by atoms with E-state index in [1.807, 2.05) is 20.8 Å². The molecule has 32 heavy (non-hydrogen) atoms. The molecule has 2 aromatic rings. The zero-order valence-electron chi connectivity index (χ0n) is 19.0. The minimum Gasteiger partial charge on any atom is -0.506 e. The fraction of sp³-hybridized carbons (Fsp3) is 0.600. The average molecular weight is 442 g/mol. The Labute approximate surface area is 187 Å². The zero-order valence-corrected chi connectivity index (χ0v) is 19.0. The summed E-state index contributed by atoms with van der Waals surface area (Å²) in [7, 11) is 0. The van der Waals surface area contributed by atoms with E-state index in [0.717, 1.165) is 18.3 Å². The Bertz CT molecular complexity index is 1100. The molecule has 1 amide bonds. The van der Waals surface area contributed by atoms with Crippen LogP contribution in [-0.2, 0) is 0 Å². The summed E-state index contributed by atoms with van der Waals surface area (Å²) in [5, 5.41) is 14.1. The molecule has 172 valence electrons. The molecule has 0 spiro atoms. The Morgan fingerprint density at radius 2 is 1.78 bits per heavy atom. The normalized spacial score (nSPS) is 27.9. The van der Waals surface area contributed by atoms with Gasteiger partial charge in [0.1, 0.15) is 17.1 Å². The first-order valence-electron chi connectivity index (χ1n) is 11.9. The van der Waals surface area contributed by atoms with Gasteiger partial charge in [0.25, 0.3) is 11.5 Å². The lowest BCUT2D eigenvalue weighted by Gasteiger charge is -2.58. The molecule has 2 saturated heterocycles. The summed E-state index contributed by atoms with van der Waals surface area (Å²) in [4.78, 5) is 29.1. The number of aromatic hydroxyl groups is 1. The predicted octanol–water partition coefficient (Wildman–Crippen LogP) is 4.16. The van der Waals surface area contributed by atoms with E-state index < -0.39 is 23.0 Å². The van der Waals surface area contributed by atoms with Gasteiger partial charge in [0.2, 0.25) is 0 Å². The fourth-order valence-corrected chi connectivity index (χ4v) is 6.78. The highest BCUT2D eigenvalue weighted by Gasteiger charge is 2.49. The number of carbonyl (C=O) groups excluding carboxylic acids is 1. The number of pyridine rings is 1. The van der Waals surface area contributed by atoms with E-state index in [1.54, 1.807) is 0 Å². The van der Waals surface area contributed by atoms with Crippen molar-refractivity contribution < 1.29 is 14.3 Å². The summed E-state index contributed by atoms with van der Waals surface area (Å²) in [6, 6.07) is 4.61. The monoisotopic (exact) mass is 441 g/mol. The van der Waals surface area contributed by atoms with Crippen LogP contribution in [0.1, 0.15) is 75.7 Å². The minimum absolute atomic E-state index is 0.173. The number of rotatable bonds is 5. The van der Waals surface area contributed by atoms with Gasteiger partial charge in [-0.1, -0.05) is 6.92 Å². The van der Waals surface area contributed by atoms with Crippen molar-refractivity contribution in [1.29, 1.82) is 0 Å². The molecule has 1 aromatic carbocycles. The number of fused-ring (bicyclic) bond motifs is 1. The molecule has 1 atom stereocenters. The van der Waals surface area contributed by atoms with Crippen LogP contribution in [0.2, 0.25) is 0 Å². The standard InChI is InChI=1S/C25H32FN3O3/c1-4-21(29-17-8-14-7-15(10-17)11-18(29)9-14)27-24(31)22-23(30)19-12-16(26)5-6-20(19)28(13(2)3)25(22)32/h5-6,12-15,17-18,21,30H,4,7-11H2,1-3H3,(H,27,31). The summed E-state index contributed by atoms with van der Waals surface area (Å²) in [6.07, 6.45) is 6.60. The molecule has 4 aliphatic rings. The lowest BCUT2D eigenvalue weighted by Crippen LogP contribution is -2.64. The number of aromatic nitrogens is 1. The number of nitrogens with zero attached hydrogens (tertiary/aromatic N) is 2. The zero-order chi connectivity index (χ0) is 22.7. The molecule has 0 radical (unpaired) electrons. The molecule has 1 unspecified atom stereocenters. The first-order chi connectivity index (χ1) is 15.3. The lowest BCUT2D eigenvalue weighted by molar-refractivity contribution is -0.0875. The van der Waals surface area contributed by atoms with Crippen molar-refractivity contribution in [1.82, 2.24) is 14.8 Å². The molecular weight excluding hydrogens is 409 g/mol. The topological polar surface area (TPSA) is 74.6 Å². The maximum absolute atomic E-state index is 14.0. The highest BCUT2D eigenvalue weighted by molar-refractivity contribution is 6.02. The highest BCUT2D eigenvalue weighted by Crippen LogP contribution is 2.49. The molecule has 3 heterocycles. The van der Waals surface area contributed by atoms with Crippen molar-refractivity contribution in [2.45, 2.75) is 83.6 Å². The summed E-state index contributed by atoms with van der Waals surface area (Å²) in [6.45, 7) is 5.70. The van der Waals surface area contributed by atoms with Gasteiger partial charge in [-0.15, -0.1) is 0 Å². The van der Waals surface area contributed by atoms with Gasteiger partial charge < -0.3 is 15.0 Å². The van der Waals surface area contributed by atoms with Crippen LogP contribution in [0, 0.1) is 17.7 Å². The van der Waals surface area contributed by atoms with E-state index >= 15 is 0 Å². The third-order valence-electron chi connectivity index (χ3n) is 7.86. The molecule has 4 fully saturated rings. The van der Waals surface area contributed by atoms with Gasteiger partial charge in [0, 0.05) is 23.5 Å². The molecule has 2 N–H and O–H groups in total. The summed E-state index contributed by atoms with van der Waals surface area (Å²) in [5.41, 5.74) is -0.443. The molecule has 2 aliphatic heterocycles. The van der Waals surface area contributed by atoms with Gasteiger partial charge in [-0.3, -0.25) is 14.5 Å². The smallest absolute Gasteiger partial charge is 0.267 e. The minimum atomic E-state index is -0.589. The number of benzene rings is 1. The second-order valence-corrected chi connectivity index (χ2v) is 10.2. The Hall–Kier alpha value is -2.41. The molecule has 6 rings (SSSR count). The van der Waals surface area contributed by atoms with E-state index in [9.17, 15) is 19.1 Å². The Morgan fingerprint density at radius 3 is 2.34 bits per heavy atom. The SMILES string of the molecule is CCC(NC(=O)c1c(O)c2cc(F)ccc2n(C(C)C)c1=O)N1C2CC3CC(C2)CC1C3. The summed E-state index contributed by atoms with van der Waals surface area (Å²) in [5.74, 6) is 0.0427. The maximum atomic E-state index is 14.0. The van der Waals surface area contributed by atoms with E-state index in [-0.39, 0.29) is 23.2 Å². The van der Waals surface area contributed by atoms with Gasteiger partial charge >= 0.3 is 0 Å².